The van der Waals surface area contributed by atoms with Crippen LogP contribution in [0.1, 0.15) is 13.8 Å². The highest BCUT2D eigenvalue weighted by Crippen LogP contribution is 2.19. The number of nitrogens with zero attached hydrogens (tertiary/aromatic N) is 1. The quantitative estimate of drug-likeness (QED) is 0.722. The second kappa shape index (κ2) is 4.68. The number of hydrogen-bond acceptors (Lipinski definition) is 3. The Labute approximate surface area is 89.9 Å². The van der Waals surface area contributed by atoms with Gasteiger partial charge in [-0.3, -0.25) is 4.79 Å². The van der Waals surface area contributed by atoms with Crippen molar-refractivity contribution in [1.29, 1.82) is 0 Å². The monoisotopic (exact) mass is 207 g/mol. The van der Waals surface area contributed by atoms with Crippen LogP contribution >= 0.6 is 0 Å². The lowest BCUT2D eigenvalue weighted by Crippen LogP contribution is -2.38. The molecule has 82 valence electrons. The highest BCUT2D eigenvalue weighted by molar-refractivity contribution is 5.80. The molecular formula is C11H17N3O. The predicted octanol–water partition coefficient (Wildman–Crippen LogP) is 0.969. The number of nitrogen functional groups attached to an aromatic ring is 1. The zero-order valence-corrected chi connectivity index (χ0v) is 9.10. The van der Waals surface area contributed by atoms with E-state index in [1.807, 2.05) is 43.0 Å². The summed E-state index contributed by atoms with van der Waals surface area (Å²) < 4.78 is 0. The standard InChI is InChI=1S/C11H17N3O/c1-8(2)14(7-11(13)15)10-5-3-4-9(12)6-10/h3-6,8H,7,12H2,1-2H3,(H2,13,15). The lowest BCUT2D eigenvalue weighted by molar-refractivity contribution is -0.116. The molecule has 0 aliphatic carbocycles. The maximum atomic E-state index is 10.9. The van der Waals surface area contributed by atoms with Crippen LogP contribution in [0.3, 0.4) is 0 Å². The van der Waals surface area contributed by atoms with Crippen molar-refractivity contribution in [3.8, 4) is 0 Å². The highest BCUT2D eigenvalue weighted by Gasteiger charge is 2.12. The molecule has 0 aromatic heterocycles. The van der Waals surface area contributed by atoms with Gasteiger partial charge in [0.1, 0.15) is 0 Å². The SMILES string of the molecule is CC(C)N(CC(N)=O)c1cccc(N)c1. The summed E-state index contributed by atoms with van der Waals surface area (Å²) in [6.07, 6.45) is 0. The number of rotatable bonds is 4. The topological polar surface area (TPSA) is 72.3 Å². The summed E-state index contributed by atoms with van der Waals surface area (Å²) in [4.78, 5) is 12.8. The minimum Gasteiger partial charge on any atom is -0.399 e. The first-order valence-corrected chi connectivity index (χ1v) is 4.91. The zero-order chi connectivity index (χ0) is 11.4. The summed E-state index contributed by atoms with van der Waals surface area (Å²) in [5.74, 6) is -0.342. The van der Waals surface area contributed by atoms with E-state index in [-0.39, 0.29) is 18.5 Å². The molecule has 4 N–H and O–H groups in total. The average molecular weight is 207 g/mol. The molecule has 15 heavy (non-hydrogen) atoms. The van der Waals surface area contributed by atoms with Gasteiger partial charge in [-0.1, -0.05) is 6.07 Å². The fraction of sp³-hybridized carbons (Fsp3) is 0.364. The molecule has 0 unspecified atom stereocenters. The summed E-state index contributed by atoms with van der Waals surface area (Å²) in [5.41, 5.74) is 12.5. The largest absolute Gasteiger partial charge is 0.399 e. The normalized spacial score (nSPS) is 10.3. The molecule has 0 atom stereocenters. The molecule has 1 amide bonds. The molecule has 0 fully saturated rings. The van der Waals surface area contributed by atoms with Gasteiger partial charge in [0, 0.05) is 17.4 Å². The van der Waals surface area contributed by atoms with E-state index >= 15 is 0 Å². The number of carbonyl (C=O) groups is 1. The van der Waals surface area contributed by atoms with Gasteiger partial charge in [-0.25, -0.2) is 0 Å². The van der Waals surface area contributed by atoms with Crippen molar-refractivity contribution in [3.05, 3.63) is 24.3 Å². The van der Waals surface area contributed by atoms with Crippen LogP contribution in [0.5, 0.6) is 0 Å². The van der Waals surface area contributed by atoms with Crippen LogP contribution in [0.2, 0.25) is 0 Å². The Hall–Kier alpha value is -1.71. The molecule has 0 bridgehead atoms. The van der Waals surface area contributed by atoms with Crippen LogP contribution in [0.4, 0.5) is 11.4 Å². The van der Waals surface area contributed by atoms with E-state index in [1.54, 1.807) is 0 Å². The summed E-state index contributed by atoms with van der Waals surface area (Å²) in [7, 11) is 0. The van der Waals surface area contributed by atoms with Crippen LogP contribution in [0.25, 0.3) is 0 Å². The van der Waals surface area contributed by atoms with E-state index < -0.39 is 0 Å². The third kappa shape index (κ3) is 3.16. The Kier molecular flexibility index (Phi) is 3.55. The van der Waals surface area contributed by atoms with Gasteiger partial charge >= 0.3 is 0 Å². The van der Waals surface area contributed by atoms with Crippen molar-refractivity contribution in [2.24, 2.45) is 5.73 Å². The minimum absolute atomic E-state index is 0.208. The average Bonchev–Trinajstić information content (AvgIpc) is 2.13. The molecular weight excluding hydrogens is 190 g/mol. The lowest BCUT2D eigenvalue weighted by atomic mass is 10.2. The Morgan fingerprint density at radius 1 is 1.47 bits per heavy atom. The van der Waals surface area contributed by atoms with Gasteiger partial charge in [0.2, 0.25) is 5.91 Å². The highest BCUT2D eigenvalue weighted by atomic mass is 16.1. The number of amides is 1. The lowest BCUT2D eigenvalue weighted by Gasteiger charge is -2.27. The molecule has 4 heteroatoms. The van der Waals surface area contributed by atoms with Crippen molar-refractivity contribution < 1.29 is 4.79 Å². The molecule has 4 nitrogen and oxygen atoms in total. The molecule has 0 spiro atoms. The fourth-order valence-corrected chi connectivity index (χ4v) is 1.44. The van der Waals surface area contributed by atoms with Crippen LogP contribution in [0, 0.1) is 0 Å². The molecule has 0 aliphatic rings. The number of primary amides is 1. The van der Waals surface area contributed by atoms with Gasteiger partial charge in [0.05, 0.1) is 6.54 Å². The summed E-state index contributed by atoms with van der Waals surface area (Å²) in [5, 5.41) is 0. The fourth-order valence-electron chi connectivity index (χ4n) is 1.44. The van der Waals surface area contributed by atoms with E-state index in [9.17, 15) is 4.79 Å². The van der Waals surface area contributed by atoms with Crippen molar-refractivity contribution in [1.82, 2.24) is 0 Å². The number of benzene rings is 1. The summed E-state index contributed by atoms with van der Waals surface area (Å²) in [6.45, 7) is 4.22. The zero-order valence-electron chi connectivity index (χ0n) is 9.10. The van der Waals surface area contributed by atoms with E-state index in [1.165, 1.54) is 0 Å². The smallest absolute Gasteiger partial charge is 0.236 e. The molecule has 1 aromatic carbocycles. The second-order valence-corrected chi connectivity index (χ2v) is 3.78. The molecule has 0 heterocycles. The first-order chi connectivity index (χ1) is 7.00. The first-order valence-electron chi connectivity index (χ1n) is 4.91. The van der Waals surface area contributed by atoms with Gasteiger partial charge in [-0.05, 0) is 32.0 Å². The van der Waals surface area contributed by atoms with Gasteiger partial charge in [-0.15, -0.1) is 0 Å². The van der Waals surface area contributed by atoms with Crippen LogP contribution < -0.4 is 16.4 Å². The van der Waals surface area contributed by atoms with Gasteiger partial charge in [0.25, 0.3) is 0 Å². The Morgan fingerprint density at radius 3 is 2.60 bits per heavy atom. The molecule has 1 rings (SSSR count). The second-order valence-electron chi connectivity index (χ2n) is 3.78. The molecule has 1 aromatic rings. The maximum Gasteiger partial charge on any atom is 0.236 e. The maximum absolute atomic E-state index is 10.9. The van der Waals surface area contributed by atoms with E-state index in [4.69, 9.17) is 11.5 Å². The van der Waals surface area contributed by atoms with E-state index in [0.29, 0.717) is 5.69 Å². The van der Waals surface area contributed by atoms with Crippen LogP contribution in [0.15, 0.2) is 24.3 Å². The minimum atomic E-state index is -0.342. The van der Waals surface area contributed by atoms with Crippen LogP contribution in [-0.2, 0) is 4.79 Å². The van der Waals surface area contributed by atoms with Crippen LogP contribution in [-0.4, -0.2) is 18.5 Å². The third-order valence-corrected chi connectivity index (χ3v) is 2.15. The molecule has 0 aliphatic heterocycles. The van der Waals surface area contributed by atoms with Gasteiger partial charge in [0.15, 0.2) is 0 Å². The van der Waals surface area contributed by atoms with E-state index in [0.717, 1.165) is 5.69 Å². The summed E-state index contributed by atoms with van der Waals surface area (Å²) in [6, 6.07) is 7.63. The van der Waals surface area contributed by atoms with Crippen molar-refractivity contribution in [3.63, 3.8) is 0 Å². The number of hydrogen-bond donors (Lipinski definition) is 2. The number of carbonyl (C=O) groups excluding carboxylic acids is 1. The first kappa shape index (κ1) is 11.4. The van der Waals surface area contributed by atoms with Gasteiger partial charge < -0.3 is 16.4 Å². The number of anilines is 2. The molecule has 0 saturated carbocycles. The van der Waals surface area contributed by atoms with Gasteiger partial charge in [-0.2, -0.15) is 0 Å². The summed E-state index contributed by atoms with van der Waals surface area (Å²) >= 11 is 0. The van der Waals surface area contributed by atoms with Crippen molar-refractivity contribution >= 4 is 17.3 Å². The van der Waals surface area contributed by atoms with E-state index in [2.05, 4.69) is 0 Å². The Bertz CT molecular complexity index is 349. The predicted molar refractivity (Wildman–Crippen MR) is 62.5 cm³/mol. The third-order valence-electron chi connectivity index (χ3n) is 2.15. The van der Waals surface area contributed by atoms with Crippen molar-refractivity contribution in [2.45, 2.75) is 19.9 Å². The molecule has 0 saturated heterocycles. The van der Waals surface area contributed by atoms with Crippen molar-refractivity contribution in [2.75, 3.05) is 17.2 Å². The number of nitrogens with two attached hydrogens (primary N) is 2. The Balaban J connectivity index is 2.93. The molecule has 0 radical (unpaired) electrons. The Morgan fingerprint density at radius 2 is 2.13 bits per heavy atom.